The van der Waals surface area contributed by atoms with Crippen LogP contribution >= 0.6 is 0 Å². The molecule has 0 aliphatic heterocycles. The van der Waals surface area contributed by atoms with Crippen molar-refractivity contribution in [3.8, 4) is 0 Å². The second kappa shape index (κ2) is 11.0. The number of ether oxygens (including phenoxy) is 1. The highest BCUT2D eigenvalue weighted by Gasteiger charge is 2.01. The average molecular weight is 203 g/mol. The molecule has 0 aliphatic carbocycles. The van der Waals surface area contributed by atoms with E-state index in [-0.39, 0.29) is 6.61 Å². The molecule has 0 aromatic carbocycles. The molecular weight excluding hydrogens is 179 g/mol. The molecule has 0 bridgehead atoms. The van der Waals surface area contributed by atoms with Crippen LogP contribution in [0.2, 0.25) is 0 Å². The quantitative estimate of drug-likeness (QED) is 0.489. The van der Waals surface area contributed by atoms with Crippen LogP contribution in [0.25, 0.3) is 0 Å². The van der Waals surface area contributed by atoms with Gasteiger partial charge in [0, 0.05) is 6.61 Å². The summed E-state index contributed by atoms with van der Waals surface area (Å²) in [5.74, 6) is 0. The van der Waals surface area contributed by atoms with E-state index in [1.54, 1.807) is 0 Å². The van der Waals surface area contributed by atoms with Gasteiger partial charge in [-0.1, -0.05) is 46.0 Å². The number of hydrogen-bond acceptors (Lipinski definition) is 1. The lowest BCUT2D eigenvalue weighted by Crippen LogP contribution is -2.09. The van der Waals surface area contributed by atoms with Gasteiger partial charge in [0.25, 0.3) is 0 Å². The fraction of sp³-hybridized carbons (Fsp3) is 0.917. The number of halogens is 1. The van der Waals surface area contributed by atoms with Crippen LogP contribution in [0.1, 0.15) is 51.9 Å². The van der Waals surface area contributed by atoms with E-state index in [0.29, 0.717) is 13.0 Å². The minimum atomic E-state index is -0.777. The van der Waals surface area contributed by atoms with E-state index in [1.807, 2.05) is 6.92 Å². The van der Waals surface area contributed by atoms with Crippen LogP contribution in [0.5, 0.6) is 0 Å². The molecule has 85 valence electrons. The largest absolute Gasteiger partial charge is 0.378 e. The van der Waals surface area contributed by atoms with E-state index in [9.17, 15) is 4.39 Å². The molecule has 0 aromatic rings. The van der Waals surface area contributed by atoms with E-state index in [0.717, 1.165) is 12.8 Å². The number of alkyl halides is 1. The van der Waals surface area contributed by atoms with Crippen molar-refractivity contribution in [1.29, 1.82) is 0 Å². The van der Waals surface area contributed by atoms with Gasteiger partial charge < -0.3 is 4.74 Å². The lowest BCUT2D eigenvalue weighted by molar-refractivity contribution is 0.0765. The zero-order valence-electron chi connectivity index (χ0n) is 9.43. The number of hydrogen-bond donors (Lipinski definition) is 0. The molecule has 0 saturated heterocycles. The molecule has 1 nitrogen and oxygen atoms in total. The summed E-state index contributed by atoms with van der Waals surface area (Å²) in [6.07, 6.45) is 6.83. The molecule has 0 aromatic heterocycles. The molecule has 2 heteroatoms. The zero-order valence-corrected chi connectivity index (χ0v) is 9.43. The topological polar surface area (TPSA) is 9.23 Å². The molecule has 1 unspecified atom stereocenters. The first-order valence-corrected chi connectivity index (χ1v) is 5.82. The average Bonchev–Trinajstić information content (AvgIpc) is 2.21. The molecule has 14 heavy (non-hydrogen) atoms. The highest BCUT2D eigenvalue weighted by molar-refractivity contribution is 4.50. The van der Waals surface area contributed by atoms with Crippen molar-refractivity contribution in [2.24, 2.45) is 0 Å². The molecule has 0 heterocycles. The smallest absolute Gasteiger partial charge is 0.123 e. The van der Waals surface area contributed by atoms with Gasteiger partial charge in [-0.15, -0.1) is 0 Å². The Labute approximate surface area is 88.0 Å². The van der Waals surface area contributed by atoms with Gasteiger partial charge >= 0.3 is 0 Å². The zero-order chi connectivity index (χ0) is 10.6. The van der Waals surface area contributed by atoms with Crippen LogP contribution in [0.4, 0.5) is 4.39 Å². The summed E-state index contributed by atoms with van der Waals surface area (Å²) in [5.41, 5.74) is 0. The van der Waals surface area contributed by atoms with Crippen molar-refractivity contribution in [2.45, 2.75) is 58.0 Å². The summed E-state index contributed by atoms with van der Waals surface area (Å²) in [4.78, 5) is 0. The number of unbranched alkanes of at least 4 members (excludes halogenated alkanes) is 5. The summed E-state index contributed by atoms with van der Waals surface area (Å²) in [5, 5.41) is 0. The minimum Gasteiger partial charge on any atom is -0.378 e. The molecular formula is C12H24FO. The highest BCUT2D eigenvalue weighted by atomic mass is 19.1. The third-order valence-corrected chi connectivity index (χ3v) is 2.28. The van der Waals surface area contributed by atoms with Gasteiger partial charge in [-0.05, 0) is 12.8 Å². The summed E-state index contributed by atoms with van der Waals surface area (Å²) >= 11 is 0. The van der Waals surface area contributed by atoms with Crippen molar-refractivity contribution in [2.75, 3.05) is 13.2 Å². The SMILES string of the molecule is [CH2]CCCCCCCOCC(F)CC. The van der Waals surface area contributed by atoms with E-state index in [4.69, 9.17) is 4.74 Å². The third kappa shape index (κ3) is 9.97. The van der Waals surface area contributed by atoms with E-state index in [2.05, 4.69) is 6.92 Å². The molecule has 0 rings (SSSR count). The Balaban J connectivity index is 2.92. The van der Waals surface area contributed by atoms with Gasteiger partial charge in [-0.3, -0.25) is 0 Å². The maximum absolute atomic E-state index is 12.7. The summed E-state index contributed by atoms with van der Waals surface area (Å²) in [6.45, 7) is 6.62. The molecule has 1 radical (unpaired) electrons. The Kier molecular flexibility index (Phi) is 10.9. The van der Waals surface area contributed by atoms with Crippen molar-refractivity contribution in [1.82, 2.24) is 0 Å². The van der Waals surface area contributed by atoms with Crippen LogP contribution < -0.4 is 0 Å². The molecule has 0 N–H and O–H groups in total. The minimum absolute atomic E-state index is 0.273. The van der Waals surface area contributed by atoms with Gasteiger partial charge in [-0.2, -0.15) is 0 Å². The van der Waals surface area contributed by atoms with Gasteiger partial charge in [0.05, 0.1) is 6.61 Å². The number of rotatable bonds is 10. The summed E-state index contributed by atoms with van der Waals surface area (Å²) < 4.78 is 17.9. The van der Waals surface area contributed by atoms with Gasteiger partial charge in [0.1, 0.15) is 6.17 Å². The fourth-order valence-corrected chi connectivity index (χ4v) is 1.24. The van der Waals surface area contributed by atoms with Crippen LogP contribution in [-0.4, -0.2) is 19.4 Å². The predicted molar refractivity (Wildman–Crippen MR) is 59.1 cm³/mol. The Morgan fingerprint density at radius 3 is 2.43 bits per heavy atom. The lowest BCUT2D eigenvalue weighted by Gasteiger charge is -2.06. The normalized spacial score (nSPS) is 13.1. The van der Waals surface area contributed by atoms with E-state index >= 15 is 0 Å². The molecule has 0 fully saturated rings. The monoisotopic (exact) mass is 203 g/mol. The Bertz CT molecular complexity index is 106. The molecule has 0 spiro atoms. The standard InChI is InChI=1S/C12H24FO/c1-3-5-6-7-8-9-10-14-11-12(13)4-2/h12H,1,3-11H2,2H3. The first-order chi connectivity index (χ1) is 6.81. The molecule has 0 aliphatic rings. The molecule has 0 amide bonds. The fourth-order valence-electron chi connectivity index (χ4n) is 1.24. The van der Waals surface area contributed by atoms with Crippen LogP contribution in [0.15, 0.2) is 0 Å². The van der Waals surface area contributed by atoms with Crippen molar-refractivity contribution >= 4 is 0 Å². The maximum Gasteiger partial charge on any atom is 0.123 e. The van der Waals surface area contributed by atoms with Gasteiger partial charge in [-0.25, -0.2) is 4.39 Å². The van der Waals surface area contributed by atoms with Crippen molar-refractivity contribution in [3.63, 3.8) is 0 Å². The summed E-state index contributed by atoms with van der Waals surface area (Å²) in [7, 11) is 0. The van der Waals surface area contributed by atoms with Crippen LogP contribution in [0, 0.1) is 6.92 Å². The lowest BCUT2D eigenvalue weighted by atomic mass is 10.1. The Morgan fingerprint density at radius 2 is 1.79 bits per heavy atom. The predicted octanol–water partition coefficient (Wildman–Crippen LogP) is 3.93. The van der Waals surface area contributed by atoms with Crippen LogP contribution in [-0.2, 0) is 4.74 Å². The maximum atomic E-state index is 12.7. The van der Waals surface area contributed by atoms with Crippen LogP contribution in [0.3, 0.4) is 0 Å². The third-order valence-electron chi connectivity index (χ3n) is 2.28. The Hall–Kier alpha value is -0.110. The first kappa shape index (κ1) is 13.9. The van der Waals surface area contributed by atoms with Gasteiger partial charge in [0.2, 0.25) is 0 Å². The Morgan fingerprint density at radius 1 is 1.14 bits per heavy atom. The van der Waals surface area contributed by atoms with Crippen molar-refractivity contribution in [3.05, 3.63) is 6.92 Å². The van der Waals surface area contributed by atoms with Gasteiger partial charge in [0.15, 0.2) is 0 Å². The second-order valence-electron chi connectivity index (χ2n) is 3.70. The van der Waals surface area contributed by atoms with Crippen molar-refractivity contribution < 1.29 is 9.13 Å². The van der Waals surface area contributed by atoms with E-state index in [1.165, 1.54) is 25.7 Å². The summed E-state index contributed by atoms with van der Waals surface area (Å²) in [6, 6.07) is 0. The van der Waals surface area contributed by atoms with E-state index < -0.39 is 6.17 Å². The molecule has 1 atom stereocenters. The highest BCUT2D eigenvalue weighted by Crippen LogP contribution is 2.05. The second-order valence-corrected chi connectivity index (χ2v) is 3.70. The molecule has 0 saturated carbocycles. The first-order valence-electron chi connectivity index (χ1n) is 5.82.